The third-order valence-corrected chi connectivity index (χ3v) is 1.25. The number of ether oxygens (including phenoxy) is 2. The van der Waals surface area contributed by atoms with E-state index in [1.165, 1.54) is 0 Å². The first-order valence-corrected chi connectivity index (χ1v) is 3.75. The summed E-state index contributed by atoms with van der Waals surface area (Å²) in [6.45, 7) is 5.61. The molecule has 10 heavy (non-hydrogen) atoms. The molecule has 1 radical (unpaired) electrons. The SMILES string of the molecule is CCOC(C)[CH]CCOC. The molecule has 0 aromatic rings. The van der Waals surface area contributed by atoms with Gasteiger partial charge < -0.3 is 9.47 Å². The maximum atomic E-state index is 5.28. The number of rotatable bonds is 6. The number of hydrogen-bond donors (Lipinski definition) is 0. The van der Waals surface area contributed by atoms with Crippen molar-refractivity contribution in [3.63, 3.8) is 0 Å². The van der Waals surface area contributed by atoms with E-state index in [0.717, 1.165) is 19.6 Å². The van der Waals surface area contributed by atoms with Crippen molar-refractivity contribution in [2.24, 2.45) is 0 Å². The van der Waals surface area contributed by atoms with Gasteiger partial charge in [0.05, 0.1) is 6.10 Å². The fourth-order valence-electron chi connectivity index (χ4n) is 0.752. The molecule has 1 unspecified atom stereocenters. The van der Waals surface area contributed by atoms with Crippen molar-refractivity contribution < 1.29 is 9.47 Å². The van der Waals surface area contributed by atoms with E-state index in [4.69, 9.17) is 9.47 Å². The molecule has 0 heterocycles. The Labute approximate surface area is 63.5 Å². The molecule has 1 atom stereocenters. The molecule has 2 heteroatoms. The van der Waals surface area contributed by atoms with Crippen LogP contribution in [0.5, 0.6) is 0 Å². The molecule has 0 spiro atoms. The standard InChI is InChI=1S/C8H17O2/c1-4-10-8(2)6-5-7-9-3/h6,8H,4-5,7H2,1-3H3. The maximum Gasteiger partial charge on any atom is 0.0579 e. The Morgan fingerprint density at radius 2 is 2.20 bits per heavy atom. The first kappa shape index (κ1) is 9.92. The van der Waals surface area contributed by atoms with Crippen LogP contribution >= 0.6 is 0 Å². The summed E-state index contributed by atoms with van der Waals surface area (Å²) in [5, 5.41) is 0. The zero-order valence-electron chi connectivity index (χ0n) is 7.09. The summed E-state index contributed by atoms with van der Waals surface area (Å²) in [6.07, 6.45) is 3.35. The van der Waals surface area contributed by atoms with Gasteiger partial charge in [0.25, 0.3) is 0 Å². The Balaban J connectivity index is 2.97. The van der Waals surface area contributed by atoms with E-state index in [1.54, 1.807) is 7.11 Å². The molecular weight excluding hydrogens is 128 g/mol. The molecule has 0 saturated carbocycles. The minimum absolute atomic E-state index is 0.264. The maximum absolute atomic E-state index is 5.28. The van der Waals surface area contributed by atoms with Crippen LogP contribution in [0.4, 0.5) is 0 Å². The van der Waals surface area contributed by atoms with Gasteiger partial charge in [0, 0.05) is 20.3 Å². The van der Waals surface area contributed by atoms with Gasteiger partial charge in [0.15, 0.2) is 0 Å². The molecule has 0 aliphatic carbocycles. The average molecular weight is 145 g/mol. The van der Waals surface area contributed by atoms with E-state index >= 15 is 0 Å². The highest BCUT2D eigenvalue weighted by Crippen LogP contribution is 1.98. The number of methoxy groups -OCH3 is 1. The lowest BCUT2D eigenvalue weighted by Gasteiger charge is -2.09. The second-order valence-electron chi connectivity index (χ2n) is 2.18. The second-order valence-corrected chi connectivity index (χ2v) is 2.18. The molecule has 0 aromatic carbocycles. The van der Waals surface area contributed by atoms with Crippen molar-refractivity contribution in [2.45, 2.75) is 26.4 Å². The average Bonchev–Trinajstić information content (AvgIpc) is 1.89. The van der Waals surface area contributed by atoms with Gasteiger partial charge in [-0.2, -0.15) is 0 Å². The normalized spacial score (nSPS) is 13.5. The van der Waals surface area contributed by atoms with Crippen molar-refractivity contribution in [1.29, 1.82) is 0 Å². The topological polar surface area (TPSA) is 18.5 Å². The molecule has 2 nitrogen and oxygen atoms in total. The lowest BCUT2D eigenvalue weighted by molar-refractivity contribution is 0.0915. The Morgan fingerprint density at radius 1 is 1.50 bits per heavy atom. The predicted octanol–water partition coefficient (Wildman–Crippen LogP) is 1.65. The highest BCUT2D eigenvalue weighted by atomic mass is 16.5. The third-order valence-electron chi connectivity index (χ3n) is 1.25. The summed E-state index contributed by atoms with van der Waals surface area (Å²) in [4.78, 5) is 0. The Morgan fingerprint density at radius 3 is 2.70 bits per heavy atom. The van der Waals surface area contributed by atoms with Gasteiger partial charge >= 0.3 is 0 Å². The number of hydrogen-bond acceptors (Lipinski definition) is 2. The van der Waals surface area contributed by atoms with E-state index in [2.05, 4.69) is 6.42 Å². The Kier molecular flexibility index (Phi) is 6.98. The van der Waals surface area contributed by atoms with Crippen molar-refractivity contribution in [2.75, 3.05) is 20.3 Å². The largest absolute Gasteiger partial charge is 0.385 e. The molecule has 0 bridgehead atoms. The molecule has 0 aromatic heterocycles. The van der Waals surface area contributed by atoms with Crippen molar-refractivity contribution in [3.8, 4) is 0 Å². The van der Waals surface area contributed by atoms with E-state index in [0.29, 0.717) is 0 Å². The van der Waals surface area contributed by atoms with E-state index in [9.17, 15) is 0 Å². The first-order valence-electron chi connectivity index (χ1n) is 3.75. The molecular formula is C8H17O2. The highest BCUT2D eigenvalue weighted by Gasteiger charge is 1.99. The van der Waals surface area contributed by atoms with Crippen LogP contribution in [0.15, 0.2) is 0 Å². The lowest BCUT2D eigenvalue weighted by Crippen LogP contribution is -2.09. The van der Waals surface area contributed by atoms with Crippen LogP contribution < -0.4 is 0 Å². The minimum Gasteiger partial charge on any atom is -0.385 e. The van der Waals surface area contributed by atoms with Crippen LogP contribution in [-0.2, 0) is 9.47 Å². The van der Waals surface area contributed by atoms with Crippen LogP contribution in [0.25, 0.3) is 0 Å². The summed E-state index contributed by atoms with van der Waals surface area (Å²) in [5.74, 6) is 0. The molecule has 0 saturated heterocycles. The highest BCUT2D eigenvalue weighted by molar-refractivity contribution is 4.71. The fraction of sp³-hybridized carbons (Fsp3) is 0.875. The summed E-state index contributed by atoms with van der Waals surface area (Å²) in [6, 6.07) is 0. The van der Waals surface area contributed by atoms with Crippen LogP contribution in [0.1, 0.15) is 20.3 Å². The molecule has 0 amide bonds. The van der Waals surface area contributed by atoms with Gasteiger partial charge in [-0.1, -0.05) is 0 Å². The fourth-order valence-corrected chi connectivity index (χ4v) is 0.752. The van der Waals surface area contributed by atoms with Crippen molar-refractivity contribution >= 4 is 0 Å². The molecule has 0 aliphatic rings. The summed E-state index contributed by atoms with van der Waals surface area (Å²) in [7, 11) is 1.71. The van der Waals surface area contributed by atoms with Crippen LogP contribution in [0.2, 0.25) is 0 Å². The van der Waals surface area contributed by atoms with E-state index in [1.807, 2.05) is 13.8 Å². The molecule has 0 fully saturated rings. The monoisotopic (exact) mass is 145 g/mol. The molecule has 0 aliphatic heterocycles. The van der Waals surface area contributed by atoms with Crippen LogP contribution in [0, 0.1) is 6.42 Å². The Bertz CT molecular complexity index is 64.3. The summed E-state index contributed by atoms with van der Waals surface area (Å²) < 4.78 is 10.2. The second kappa shape index (κ2) is 7.03. The van der Waals surface area contributed by atoms with Crippen LogP contribution in [-0.4, -0.2) is 26.4 Å². The van der Waals surface area contributed by atoms with Gasteiger partial charge in [0.2, 0.25) is 0 Å². The summed E-state index contributed by atoms with van der Waals surface area (Å²) in [5.41, 5.74) is 0. The quantitative estimate of drug-likeness (QED) is 0.529. The van der Waals surface area contributed by atoms with Crippen molar-refractivity contribution in [3.05, 3.63) is 6.42 Å². The van der Waals surface area contributed by atoms with Gasteiger partial charge in [-0.05, 0) is 26.7 Å². The zero-order chi connectivity index (χ0) is 7.82. The third kappa shape index (κ3) is 6.05. The molecule has 61 valence electrons. The lowest BCUT2D eigenvalue weighted by atomic mass is 10.2. The van der Waals surface area contributed by atoms with Gasteiger partial charge in [-0.15, -0.1) is 0 Å². The van der Waals surface area contributed by atoms with Crippen LogP contribution in [0.3, 0.4) is 0 Å². The molecule has 0 rings (SSSR count). The summed E-state index contributed by atoms with van der Waals surface area (Å²) >= 11 is 0. The van der Waals surface area contributed by atoms with E-state index < -0.39 is 0 Å². The molecule has 0 N–H and O–H groups in total. The van der Waals surface area contributed by atoms with E-state index in [-0.39, 0.29) is 6.10 Å². The smallest absolute Gasteiger partial charge is 0.0579 e. The Hall–Kier alpha value is -0.0800. The minimum atomic E-state index is 0.264. The van der Waals surface area contributed by atoms with Crippen molar-refractivity contribution in [1.82, 2.24) is 0 Å². The first-order chi connectivity index (χ1) is 4.81. The zero-order valence-corrected chi connectivity index (χ0v) is 7.09. The van der Waals surface area contributed by atoms with Gasteiger partial charge in [-0.25, -0.2) is 0 Å². The van der Waals surface area contributed by atoms with Gasteiger partial charge in [0.1, 0.15) is 0 Å². The van der Waals surface area contributed by atoms with Gasteiger partial charge in [-0.3, -0.25) is 0 Å². The predicted molar refractivity (Wildman–Crippen MR) is 41.9 cm³/mol.